The van der Waals surface area contributed by atoms with E-state index in [1.165, 1.54) is 25.7 Å². The van der Waals surface area contributed by atoms with Crippen LogP contribution in [0.1, 0.15) is 46.5 Å². The van der Waals surface area contributed by atoms with Crippen molar-refractivity contribution in [3.63, 3.8) is 0 Å². The summed E-state index contributed by atoms with van der Waals surface area (Å²) >= 11 is 0. The predicted octanol–water partition coefficient (Wildman–Crippen LogP) is 2.77. The monoisotopic (exact) mass is 407 g/mol. The molecule has 3 aliphatic rings. The maximum atomic E-state index is 5.97. The van der Waals surface area contributed by atoms with Crippen LogP contribution in [0.5, 0.6) is 0 Å². The second kappa shape index (κ2) is 7.02. The number of ether oxygens (including phenoxy) is 1. The number of guanidine groups is 1. The molecule has 0 aromatic heterocycles. The van der Waals surface area contributed by atoms with Crippen LogP contribution >= 0.6 is 24.0 Å². The highest BCUT2D eigenvalue weighted by molar-refractivity contribution is 14.0. The highest BCUT2D eigenvalue weighted by Crippen LogP contribution is 2.51. The van der Waals surface area contributed by atoms with Crippen molar-refractivity contribution in [1.29, 1.82) is 0 Å². The van der Waals surface area contributed by atoms with Crippen molar-refractivity contribution in [3.05, 3.63) is 0 Å². The van der Waals surface area contributed by atoms with Gasteiger partial charge in [-0.3, -0.25) is 4.99 Å². The molecule has 0 spiro atoms. The summed E-state index contributed by atoms with van der Waals surface area (Å²) in [5.74, 6) is 2.50. The molecule has 3 atom stereocenters. The Morgan fingerprint density at radius 2 is 2.05 bits per heavy atom. The van der Waals surface area contributed by atoms with Gasteiger partial charge in [0, 0.05) is 37.1 Å². The molecule has 122 valence electrons. The van der Waals surface area contributed by atoms with Crippen LogP contribution in [0.15, 0.2) is 4.99 Å². The minimum absolute atomic E-state index is 0. The molecule has 1 aliphatic heterocycles. The summed E-state index contributed by atoms with van der Waals surface area (Å²) in [4.78, 5) is 4.75. The molecule has 0 amide bonds. The lowest BCUT2D eigenvalue weighted by Crippen LogP contribution is -2.71. The van der Waals surface area contributed by atoms with Crippen LogP contribution < -0.4 is 10.6 Å². The number of hydrogen-bond acceptors (Lipinski definition) is 2. The largest absolute Gasteiger partial charge is 0.377 e. The first kappa shape index (κ1) is 17.3. The quantitative estimate of drug-likeness (QED) is 0.428. The molecule has 2 aliphatic carbocycles. The molecule has 2 saturated carbocycles. The summed E-state index contributed by atoms with van der Waals surface area (Å²) in [6.45, 7) is 9.62. The van der Waals surface area contributed by atoms with Crippen LogP contribution in [0.3, 0.4) is 0 Å². The average molecular weight is 407 g/mol. The van der Waals surface area contributed by atoms with E-state index >= 15 is 0 Å². The number of fused-ring (bicyclic) bond motifs is 1. The Morgan fingerprint density at radius 3 is 2.71 bits per heavy atom. The van der Waals surface area contributed by atoms with Crippen molar-refractivity contribution >= 4 is 29.9 Å². The van der Waals surface area contributed by atoms with Crippen molar-refractivity contribution < 1.29 is 4.74 Å². The number of rotatable bonds is 4. The van der Waals surface area contributed by atoms with E-state index in [1.54, 1.807) is 0 Å². The number of halogens is 1. The van der Waals surface area contributed by atoms with Gasteiger partial charge in [-0.1, -0.05) is 13.8 Å². The van der Waals surface area contributed by atoms with Gasteiger partial charge in [0.1, 0.15) is 0 Å². The Hall–Kier alpha value is -0.0400. The van der Waals surface area contributed by atoms with Crippen LogP contribution in [0.4, 0.5) is 0 Å². The van der Waals surface area contributed by atoms with Gasteiger partial charge in [-0.05, 0) is 38.5 Å². The average Bonchev–Trinajstić information content (AvgIpc) is 3.26. The molecular formula is C16H30IN3O. The highest BCUT2D eigenvalue weighted by atomic mass is 127. The Morgan fingerprint density at radius 1 is 1.29 bits per heavy atom. The van der Waals surface area contributed by atoms with Crippen molar-refractivity contribution in [1.82, 2.24) is 10.6 Å². The van der Waals surface area contributed by atoms with Crippen molar-refractivity contribution in [2.45, 2.75) is 58.6 Å². The lowest BCUT2D eigenvalue weighted by atomic mass is 9.55. The molecule has 1 heterocycles. The number of aliphatic imine (C=N–C) groups is 1. The van der Waals surface area contributed by atoms with Gasteiger partial charge in [-0.2, -0.15) is 0 Å². The molecule has 0 aromatic carbocycles. The van der Waals surface area contributed by atoms with E-state index in [0.717, 1.165) is 31.6 Å². The molecule has 1 saturated heterocycles. The van der Waals surface area contributed by atoms with E-state index in [2.05, 4.69) is 31.4 Å². The maximum Gasteiger partial charge on any atom is 0.191 e. The van der Waals surface area contributed by atoms with E-state index in [-0.39, 0.29) is 29.4 Å². The van der Waals surface area contributed by atoms with E-state index in [9.17, 15) is 0 Å². The molecule has 21 heavy (non-hydrogen) atoms. The fourth-order valence-electron chi connectivity index (χ4n) is 3.80. The molecule has 3 unspecified atom stereocenters. The first-order valence-electron chi connectivity index (χ1n) is 8.29. The first-order valence-corrected chi connectivity index (χ1v) is 8.29. The summed E-state index contributed by atoms with van der Waals surface area (Å²) in [6.07, 6.45) is 5.63. The summed E-state index contributed by atoms with van der Waals surface area (Å²) in [5, 5.41) is 7.08. The predicted molar refractivity (Wildman–Crippen MR) is 97.3 cm³/mol. The summed E-state index contributed by atoms with van der Waals surface area (Å²) in [7, 11) is 0. The van der Waals surface area contributed by atoms with E-state index in [0.29, 0.717) is 18.1 Å². The Kier molecular flexibility index (Phi) is 5.79. The second-order valence-electron chi connectivity index (χ2n) is 7.20. The van der Waals surface area contributed by atoms with Crippen LogP contribution in [-0.2, 0) is 4.74 Å². The normalized spacial score (nSPS) is 34.2. The Labute approximate surface area is 145 Å². The summed E-state index contributed by atoms with van der Waals surface area (Å²) < 4.78 is 5.97. The van der Waals surface area contributed by atoms with Crippen molar-refractivity contribution in [3.8, 4) is 0 Å². The highest BCUT2D eigenvalue weighted by Gasteiger charge is 2.58. The lowest BCUT2D eigenvalue weighted by Gasteiger charge is -2.60. The Balaban J connectivity index is 0.00000161. The topological polar surface area (TPSA) is 45.7 Å². The molecule has 3 fully saturated rings. The van der Waals surface area contributed by atoms with Crippen molar-refractivity contribution in [2.75, 3.05) is 19.7 Å². The van der Waals surface area contributed by atoms with Gasteiger partial charge in [0.2, 0.25) is 0 Å². The van der Waals surface area contributed by atoms with Gasteiger partial charge in [0.15, 0.2) is 5.96 Å². The first-order chi connectivity index (χ1) is 9.63. The zero-order chi connectivity index (χ0) is 14.2. The Bertz CT molecular complexity index is 382. The number of hydrogen-bond donors (Lipinski definition) is 2. The zero-order valence-corrected chi connectivity index (χ0v) is 15.9. The number of nitrogens with zero attached hydrogens (tertiary/aromatic N) is 1. The fourth-order valence-corrected chi connectivity index (χ4v) is 3.80. The van der Waals surface area contributed by atoms with Crippen molar-refractivity contribution in [2.24, 2.45) is 22.2 Å². The molecule has 3 rings (SSSR count). The van der Waals surface area contributed by atoms with E-state index in [1.807, 2.05) is 0 Å². The minimum atomic E-state index is 0. The minimum Gasteiger partial charge on any atom is -0.377 e. The maximum absolute atomic E-state index is 5.97. The van der Waals surface area contributed by atoms with E-state index in [4.69, 9.17) is 9.73 Å². The van der Waals surface area contributed by atoms with Gasteiger partial charge in [0.05, 0.1) is 6.10 Å². The third kappa shape index (κ3) is 3.66. The molecule has 2 N–H and O–H groups in total. The molecule has 0 bridgehead atoms. The fraction of sp³-hybridized carbons (Fsp3) is 0.938. The van der Waals surface area contributed by atoms with Gasteiger partial charge >= 0.3 is 0 Å². The molecular weight excluding hydrogens is 377 g/mol. The summed E-state index contributed by atoms with van der Waals surface area (Å²) in [5.41, 5.74) is 0.209. The smallest absolute Gasteiger partial charge is 0.191 e. The molecule has 4 nitrogen and oxygen atoms in total. The second-order valence-corrected chi connectivity index (χ2v) is 7.20. The number of nitrogens with one attached hydrogen (secondary N) is 2. The van der Waals surface area contributed by atoms with Crippen LogP contribution in [-0.4, -0.2) is 37.8 Å². The van der Waals surface area contributed by atoms with E-state index < -0.39 is 0 Å². The van der Waals surface area contributed by atoms with Gasteiger partial charge in [0.25, 0.3) is 0 Å². The van der Waals surface area contributed by atoms with Gasteiger partial charge in [-0.15, -0.1) is 24.0 Å². The van der Waals surface area contributed by atoms with Crippen LogP contribution in [0.2, 0.25) is 0 Å². The molecule has 0 radical (unpaired) electrons. The van der Waals surface area contributed by atoms with Gasteiger partial charge in [-0.25, -0.2) is 0 Å². The van der Waals surface area contributed by atoms with Crippen LogP contribution in [0.25, 0.3) is 0 Å². The third-order valence-electron chi connectivity index (χ3n) is 5.17. The summed E-state index contributed by atoms with van der Waals surface area (Å²) in [6, 6.07) is 0.491. The standard InChI is InChI=1S/C16H29N3O.HI/c1-4-17-15(18-10-11-7-8-11)19-13-12-6-5-9-20-14(12)16(13,2)3;/h11-14H,4-10H2,1-3H3,(H2,17,18,19);1H. The van der Waals surface area contributed by atoms with Gasteiger partial charge < -0.3 is 15.4 Å². The molecule has 0 aromatic rings. The molecule has 5 heteroatoms. The zero-order valence-electron chi connectivity index (χ0n) is 13.5. The third-order valence-corrected chi connectivity index (χ3v) is 5.17. The SMILES string of the molecule is CCNC(=NCC1CC1)NC1C2CCCOC2C1(C)C.I. The lowest BCUT2D eigenvalue weighted by molar-refractivity contribution is -0.188. The van der Waals surface area contributed by atoms with Crippen LogP contribution in [0, 0.1) is 17.3 Å².